The van der Waals surface area contributed by atoms with Crippen LogP contribution in [0.3, 0.4) is 0 Å². The quantitative estimate of drug-likeness (QED) is 0.371. The average Bonchev–Trinajstić information content (AvgIpc) is 3.39. The van der Waals surface area contributed by atoms with Gasteiger partial charge in [0, 0.05) is 58.7 Å². The minimum atomic E-state index is 0.275. The van der Waals surface area contributed by atoms with Gasteiger partial charge in [0.05, 0.1) is 12.7 Å². The summed E-state index contributed by atoms with van der Waals surface area (Å²) in [5, 5.41) is 6.69. The molecule has 0 aliphatic carbocycles. The first-order valence-electron chi connectivity index (χ1n) is 10.0. The molecular formula is C21H31N5O2. The van der Waals surface area contributed by atoms with E-state index < -0.39 is 0 Å². The van der Waals surface area contributed by atoms with Crippen molar-refractivity contribution in [3.8, 4) is 0 Å². The summed E-state index contributed by atoms with van der Waals surface area (Å²) in [4.78, 5) is 8.77. The number of aliphatic imine (C=N–C) groups is 1. The van der Waals surface area contributed by atoms with E-state index in [-0.39, 0.29) is 6.10 Å². The second kappa shape index (κ2) is 11.5. The van der Waals surface area contributed by atoms with Gasteiger partial charge in [-0.05, 0) is 18.4 Å². The predicted octanol–water partition coefficient (Wildman–Crippen LogP) is 1.83. The molecule has 0 spiro atoms. The van der Waals surface area contributed by atoms with Gasteiger partial charge in [0.25, 0.3) is 0 Å². The molecule has 28 heavy (non-hydrogen) atoms. The van der Waals surface area contributed by atoms with Gasteiger partial charge in [-0.2, -0.15) is 0 Å². The summed E-state index contributed by atoms with van der Waals surface area (Å²) < 4.78 is 13.3. The molecule has 1 atom stereocenters. The van der Waals surface area contributed by atoms with E-state index in [0.717, 1.165) is 70.5 Å². The molecule has 0 bridgehead atoms. The zero-order valence-corrected chi connectivity index (χ0v) is 16.6. The van der Waals surface area contributed by atoms with Crippen LogP contribution in [0.25, 0.3) is 0 Å². The Kier molecular flexibility index (Phi) is 8.33. The van der Waals surface area contributed by atoms with Crippen LogP contribution in [0.5, 0.6) is 0 Å². The van der Waals surface area contributed by atoms with Gasteiger partial charge in [-0.3, -0.25) is 4.99 Å². The van der Waals surface area contributed by atoms with Gasteiger partial charge in [0.2, 0.25) is 0 Å². The number of benzene rings is 1. The van der Waals surface area contributed by atoms with Crippen LogP contribution in [0.15, 0.2) is 47.7 Å². The lowest BCUT2D eigenvalue weighted by Gasteiger charge is -2.13. The number of aromatic nitrogens is 2. The van der Waals surface area contributed by atoms with Gasteiger partial charge in [0.1, 0.15) is 5.82 Å². The summed E-state index contributed by atoms with van der Waals surface area (Å²) in [7, 11) is 1.79. The summed E-state index contributed by atoms with van der Waals surface area (Å²) >= 11 is 0. The monoisotopic (exact) mass is 385 g/mol. The molecule has 1 aliphatic heterocycles. The van der Waals surface area contributed by atoms with E-state index in [1.54, 1.807) is 7.05 Å². The topological polar surface area (TPSA) is 72.7 Å². The largest absolute Gasteiger partial charge is 0.379 e. The van der Waals surface area contributed by atoms with Crippen molar-refractivity contribution in [2.75, 3.05) is 40.0 Å². The fourth-order valence-electron chi connectivity index (χ4n) is 3.18. The van der Waals surface area contributed by atoms with E-state index in [9.17, 15) is 0 Å². The summed E-state index contributed by atoms with van der Waals surface area (Å²) in [5.41, 5.74) is 1.28. The van der Waals surface area contributed by atoms with Crippen molar-refractivity contribution in [2.24, 2.45) is 4.99 Å². The van der Waals surface area contributed by atoms with Crippen molar-refractivity contribution in [3.05, 3.63) is 54.1 Å². The van der Waals surface area contributed by atoms with Crippen molar-refractivity contribution >= 4 is 5.96 Å². The highest BCUT2D eigenvalue weighted by Gasteiger charge is 2.15. The Hall–Kier alpha value is -2.38. The van der Waals surface area contributed by atoms with Crippen LogP contribution in [0.1, 0.15) is 24.2 Å². The van der Waals surface area contributed by atoms with Crippen LogP contribution in [0.2, 0.25) is 0 Å². The van der Waals surface area contributed by atoms with Gasteiger partial charge in [-0.1, -0.05) is 30.3 Å². The van der Waals surface area contributed by atoms with E-state index in [2.05, 4.69) is 49.4 Å². The molecule has 2 aromatic rings. The second-order valence-electron chi connectivity index (χ2n) is 6.84. The fourth-order valence-corrected chi connectivity index (χ4v) is 3.18. The summed E-state index contributed by atoms with van der Waals surface area (Å²) in [5.74, 6) is 1.88. The number of rotatable bonds is 10. The Balaban J connectivity index is 1.33. The summed E-state index contributed by atoms with van der Waals surface area (Å²) in [6, 6.07) is 10.4. The maximum Gasteiger partial charge on any atom is 0.190 e. The molecule has 1 unspecified atom stereocenters. The van der Waals surface area contributed by atoms with Gasteiger partial charge in [0.15, 0.2) is 5.96 Å². The van der Waals surface area contributed by atoms with Crippen molar-refractivity contribution in [2.45, 2.75) is 31.9 Å². The lowest BCUT2D eigenvalue weighted by atomic mass is 10.2. The highest BCUT2D eigenvalue weighted by atomic mass is 16.5. The molecule has 2 N–H and O–H groups in total. The maximum atomic E-state index is 5.77. The first-order valence-corrected chi connectivity index (χ1v) is 10.0. The zero-order valence-electron chi connectivity index (χ0n) is 16.6. The normalized spacial score (nSPS) is 17.0. The molecule has 152 valence electrons. The van der Waals surface area contributed by atoms with E-state index in [4.69, 9.17) is 9.47 Å². The third-order valence-electron chi connectivity index (χ3n) is 4.72. The van der Waals surface area contributed by atoms with Crippen molar-refractivity contribution < 1.29 is 9.47 Å². The molecule has 7 heteroatoms. The first-order chi connectivity index (χ1) is 13.8. The van der Waals surface area contributed by atoms with Crippen LogP contribution in [-0.4, -0.2) is 61.6 Å². The van der Waals surface area contributed by atoms with Gasteiger partial charge < -0.3 is 24.7 Å². The zero-order chi connectivity index (χ0) is 19.4. The van der Waals surface area contributed by atoms with Crippen molar-refractivity contribution in [1.82, 2.24) is 20.2 Å². The van der Waals surface area contributed by atoms with E-state index in [1.165, 1.54) is 5.56 Å². The van der Waals surface area contributed by atoms with E-state index in [1.807, 2.05) is 18.5 Å². The van der Waals surface area contributed by atoms with Crippen LogP contribution in [0.4, 0.5) is 0 Å². The molecule has 2 heterocycles. The summed E-state index contributed by atoms with van der Waals surface area (Å²) in [6.45, 7) is 4.75. The Morgan fingerprint density at radius 3 is 2.93 bits per heavy atom. The van der Waals surface area contributed by atoms with Crippen LogP contribution >= 0.6 is 0 Å². The second-order valence-corrected chi connectivity index (χ2v) is 6.84. The average molecular weight is 386 g/mol. The molecule has 7 nitrogen and oxygen atoms in total. The maximum absolute atomic E-state index is 5.77. The molecule has 1 aliphatic rings. The Morgan fingerprint density at radius 2 is 2.14 bits per heavy atom. The number of imidazole rings is 1. The third-order valence-corrected chi connectivity index (χ3v) is 4.72. The Morgan fingerprint density at radius 1 is 1.29 bits per heavy atom. The van der Waals surface area contributed by atoms with Crippen LogP contribution in [0, 0.1) is 0 Å². The molecular weight excluding hydrogens is 354 g/mol. The molecule has 0 radical (unpaired) electrons. The number of ether oxygens (including phenoxy) is 2. The highest BCUT2D eigenvalue weighted by Crippen LogP contribution is 2.08. The highest BCUT2D eigenvalue weighted by molar-refractivity contribution is 5.79. The van der Waals surface area contributed by atoms with Gasteiger partial charge in [-0.25, -0.2) is 4.98 Å². The predicted molar refractivity (Wildman–Crippen MR) is 111 cm³/mol. The van der Waals surface area contributed by atoms with E-state index in [0.29, 0.717) is 0 Å². The molecule has 0 amide bonds. The number of guanidine groups is 1. The fraction of sp³-hybridized carbons (Fsp3) is 0.524. The SMILES string of the molecule is CN=C(NCCCOC1CCOC1)NCCc1nccn1Cc1ccccc1. The number of nitrogens with zero attached hydrogens (tertiary/aromatic N) is 3. The molecule has 3 rings (SSSR count). The first kappa shape index (κ1) is 20.4. The molecule has 1 aromatic heterocycles. The van der Waals surface area contributed by atoms with Crippen molar-refractivity contribution in [1.29, 1.82) is 0 Å². The Bertz CT molecular complexity index is 711. The minimum Gasteiger partial charge on any atom is -0.379 e. The van der Waals surface area contributed by atoms with E-state index >= 15 is 0 Å². The molecule has 0 saturated carbocycles. The Labute approximate surface area is 167 Å². The minimum absolute atomic E-state index is 0.275. The number of hydrogen-bond acceptors (Lipinski definition) is 4. The summed E-state index contributed by atoms with van der Waals surface area (Å²) in [6.07, 6.45) is 6.96. The number of hydrogen-bond donors (Lipinski definition) is 2. The molecule has 1 aromatic carbocycles. The van der Waals surface area contributed by atoms with Crippen molar-refractivity contribution in [3.63, 3.8) is 0 Å². The lowest BCUT2D eigenvalue weighted by molar-refractivity contribution is 0.0420. The van der Waals surface area contributed by atoms with Gasteiger partial charge in [-0.15, -0.1) is 0 Å². The van der Waals surface area contributed by atoms with Crippen LogP contribution in [-0.2, 0) is 22.4 Å². The van der Waals surface area contributed by atoms with Gasteiger partial charge >= 0.3 is 0 Å². The molecule has 1 fully saturated rings. The lowest BCUT2D eigenvalue weighted by Crippen LogP contribution is -2.39. The molecule has 1 saturated heterocycles. The van der Waals surface area contributed by atoms with Crippen LogP contribution < -0.4 is 10.6 Å². The number of nitrogens with one attached hydrogen (secondary N) is 2. The standard InChI is InChI=1S/C21H31N5O2/c1-22-21(24-10-5-14-28-19-9-15-27-17-19)25-11-8-20-23-12-13-26(20)16-18-6-3-2-4-7-18/h2-4,6-7,12-13,19H,5,8-11,14-17H2,1H3,(H2,22,24,25). The third kappa shape index (κ3) is 6.65. The smallest absolute Gasteiger partial charge is 0.190 e.